The van der Waals surface area contributed by atoms with Gasteiger partial charge in [-0.25, -0.2) is 9.37 Å². The molecule has 0 spiro atoms. The van der Waals surface area contributed by atoms with Crippen molar-refractivity contribution in [1.29, 1.82) is 0 Å². The van der Waals surface area contributed by atoms with Crippen LogP contribution in [-0.4, -0.2) is 29.7 Å². The van der Waals surface area contributed by atoms with Gasteiger partial charge in [-0.2, -0.15) is 0 Å². The number of nitrogens with zero attached hydrogens (tertiary/aromatic N) is 2. The molecule has 2 aromatic carbocycles. The number of hydrogen-bond acceptors (Lipinski definition) is 5. The Hall–Kier alpha value is -3.42. The van der Waals surface area contributed by atoms with Crippen LogP contribution in [-0.2, 0) is 11.3 Å². The number of aromatic nitrogens is 2. The summed E-state index contributed by atoms with van der Waals surface area (Å²) in [6, 6.07) is 7.76. The van der Waals surface area contributed by atoms with Gasteiger partial charge in [-0.05, 0) is 37.1 Å². The van der Waals surface area contributed by atoms with E-state index in [0.29, 0.717) is 35.4 Å². The Labute approximate surface area is 167 Å². The molecule has 0 atom stereocenters. The Balaban J connectivity index is 1.69. The number of halogens is 1. The summed E-state index contributed by atoms with van der Waals surface area (Å²) in [6.07, 6.45) is 1.98. The van der Waals surface area contributed by atoms with E-state index in [-0.39, 0.29) is 23.6 Å². The monoisotopic (exact) mass is 399 g/mol. The molecule has 29 heavy (non-hydrogen) atoms. The Morgan fingerprint density at radius 3 is 2.62 bits per heavy atom. The third-order valence-electron chi connectivity index (χ3n) is 4.53. The second-order valence-electron chi connectivity index (χ2n) is 6.60. The smallest absolute Gasteiger partial charge is 0.261 e. The van der Waals surface area contributed by atoms with Gasteiger partial charge in [0.15, 0.2) is 11.5 Å². The molecule has 0 bridgehead atoms. The molecule has 0 aliphatic rings. The number of nitrogens with one attached hydrogen (secondary N) is 1. The van der Waals surface area contributed by atoms with Crippen molar-refractivity contribution in [1.82, 2.24) is 9.55 Å². The van der Waals surface area contributed by atoms with Crippen LogP contribution in [0.15, 0.2) is 41.5 Å². The summed E-state index contributed by atoms with van der Waals surface area (Å²) in [6.45, 7) is 2.12. The molecule has 0 fully saturated rings. The quantitative estimate of drug-likeness (QED) is 0.659. The minimum atomic E-state index is -0.483. The number of carbonyl (C=O) groups excluding carboxylic acids is 1. The predicted molar refractivity (Wildman–Crippen MR) is 108 cm³/mol. The fraction of sp³-hybridized carbons (Fsp3) is 0.286. The number of rotatable bonds is 7. The van der Waals surface area contributed by atoms with Crippen molar-refractivity contribution in [2.45, 2.75) is 26.3 Å². The van der Waals surface area contributed by atoms with Crippen LogP contribution < -0.4 is 20.3 Å². The van der Waals surface area contributed by atoms with Gasteiger partial charge in [-0.15, -0.1) is 0 Å². The van der Waals surface area contributed by atoms with Crippen molar-refractivity contribution in [3.8, 4) is 11.5 Å². The highest BCUT2D eigenvalue weighted by atomic mass is 19.1. The fourth-order valence-electron chi connectivity index (χ4n) is 3.00. The molecular formula is C21H22FN3O4. The van der Waals surface area contributed by atoms with Crippen molar-refractivity contribution in [3.63, 3.8) is 0 Å². The van der Waals surface area contributed by atoms with E-state index >= 15 is 0 Å². The number of ether oxygens (including phenoxy) is 2. The van der Waals surface area contributed by atoms with E-state index in [4.69, 9.17) is 9.47 Å². The first-order valence-electron chi connectivity index (χ1n) is 9.10. The van der Waals surface area contributed by atoms with E-state index in [9.17, 15) is 14.0 Å². The third kappa shape index (κ3) is 4.53. The van der Waals surface area contributed by atoms with E-state index in [1.165, 1.54) is 31.2 Å². The molecule has 1 aromatic heterocycles. The van der Waals surface area contributed by atoms with Gasteiger partial charge in [0, 0.05) is 19.0 Å². The standard InChI is InChI=1S/C21H22FN3O4/c1-13-6-7-15(22)17(9-13)24-20(26)5-4-8-25-12-23-16-11-19(29-3)18(28-2)10-14(16)21(25)27/h6-7,9-12H,4-5,8H2,1-3H3,(H,24,26). The van der Waals surface area contributed by atoms with Crippen molar-refractivity contribution in [2.75, 3.05) is 19.5 Å². The Kier molecular flexibility index (Phi) is 6.11. The third-order valence-corrected chi connectivity index (χ3v) is 4.53. The van der Waals surface area contributed by atoms with Gasteiger partial charge in [0.25, 0.3) is 5.56 Å². The molecule has 7 nitrogen and oxygen atoms in total. The lowest BCUT2D eigenvalue weighted by Gasteiger charge is -2.11. The molecule has 0 saturated heterocycles. The highest BCUT2D eigenvalue weighted by Crippen LogP contribution is 2.29. The molecule has 3 rings (SSSR count). The summed E-state index contributed by atoms with van der Waals surface area (Å²) < 4.78 is 25.7. The number of fused-ring (bicyclic) bond motifs is 1. The molecule has 0 aliphatic heterocycles. The van der Waals surface area contributed by atoms with Gasteiger partial charge in [0.2, 0.25) is 5.91 Å². The average Bonchev–Trinajstić information content (AvgIpc) is 2.71. The van der Waals surface area contributed by atoms with Gasteiger partial charge < -0.3 is 14.8 Å². The lowest BCUT2D eigenvalue weighted by atomic mass is 10.2. The Morgan fingerprint density at radius 1 is 1.17 bits per heavy atom. The lowest BCUT2D eigenvalue weighted by molar-refractivity contribution is -0.116. The zero-order valence-electron chi connectivity index (χ0n) is 16.5. The van der Waals surface area contributed by atoms with E-state index in [1.807, 2.05) is 6.92 Å². The van der Waals surface area contributed by atoms with E-state index < -0.39 is 5.82 Å². The number of carbonyl (C=O) groups is 1. The lowest BCUT2D eigenvalue weighted by Crippen LogP contribution is -2.22. The molecule has 0 saturated carbocycles. The molecule has 1 heterocycles. The minimum absolute atomic E-state index is 0.143. The first-order chi connectivity index (χ1) is 13.9. The zero-order valence-corrected chi connectivity index (χ0v) is 16.5. The molecule has 1 N–H and O–H groups in total. The van der Waals surface area contributed by atoms with Crippen LogP contribution in [0.4, 0.5) is 10.1 Å². The topological polar surface area (TPSA) is 82.5 Å². The first kappa shape index (κ1) is 20.3. The first-order valence-corrected chi connectivity index (χ1v) is 9.10. The highest BCUT2D eigenvalue weighted by Gasteiger charge is 2.12. The highest BCUT2D eigenvalue weighted by molar-refractivity contribution is 5.90. The molecule has 0 radical (unpaired) electrons. The minimum Gasteiger partial charge on any atom is -0.493 e. The van der Waals surface area contributed by atoms with Crippen molar-refractivity contribution < 1.29 is 18.7 Å². The van der Waals surface area contributed by atoms with Gasteiger partial charge in [0.1, 0.15) is 5.82 Å². The van der Waals surface area contributed by atoms with Crippen molar-refractivity contribution >= 4 is 22.5 Å². The van der Waals surface area contributed by atoms with Crippen LogP contribution in [0.1, 0.15) is 18.4 Å². The summed E-state index contributed by atoms with van der Waals surface area (Å²) >= 11 is 0. The summed E-state index contributed by atoms with van der Waals surface area (Å²) in [5, 5.41) is 2.96. The van der Waals surface area contributed by atoms with Crippen LogP contribution >= 0.6 is 0 Å². The maximum absolute atomic E-state index is 13.7. The molecule has 8 heteroatoms. The molecule has 1 amide bonds. The number of hydrogen-bond donors (Lipinski definition) is 1. The largest absolute Gasteiger partial charge is 0.493 e. The summed E-state index contributed by atoms with van der Waals surface area (Å²) in [5.41, 5.74) is 1.26. The normalized spacial score (nSPS) is 10.8. The number of methoxy groups -OCH3 is 2. The maximum atomic E-state index is 13.7. The van der Waals surface area contributed by atoms with Crippen LogP contribution in [0.5, 0.6) is 11.5 Å². The summed E-state index contributed by atoms with van der Waals surface area (Å²) in [5.74, 6) is 0.131. The Morgan fingerprint density at radius 2 is 1.90 bits per heavy atom. The van der Waals surface area contributed by atoms with Crippen LogP contribution in [0.3, 0.4) is 0 Å². The van der Waals surface area contributed by atoms with Crippen LogP contribution in [0, 0.1) is 12.7 Å². The number of aryl methyl sites for hydroxylation is 2. The molecular weight excluding hydrogens is 377 g/mol. The van der Waals surface area contributed by atoms with E-state index in [1.54, 1.807) is 24.3 Å². The predicted octanol–water partition coefficient (Wildman–Crippen LogP) is 3.28. The summed E-state index contributed by atoms with van der Waals surface area (Å²) in [7, 11) is 3.01. The van der Waals surface area contributed by atoms with Crippen LogP contribution in [0.25, 0.3) is 10.9 Å². The number of benzene rings is 2. The second-order valence-corrected chi connectivity index (χ2v) is 6.60. The molecule has 0 aliphatic carbocycles. The fourth-order valence-corrected chi connectivity index (χ4v) is 3.00. The van der Waals surface area contributed by atoms with Crippen molar-refractivity contribution in [3.05, 3.63) is 58.4 Å². The second kappa shape index (κ2) is 8.72. The summed E-state index contributed by atoms with van der Waals surface area (Å²) in [4.78, 5) is 29.1. The van der Waals surface area contributed by atoms with Crippen LogP contribution in [0.2, 0.25) is 0 Å². The number of anilines is 1. The van der Waals surface area contributed by atoms with E-state index in [0.717, 1.165) is 5.56 Å². The average molecular weight is 399 g/mol. The SMILES string of the molecule is COc1cc2ncn(CCCC(=O)Nc3cc(C)ccc3F)c(=O)c2cc1OC. The number of amides is 1. The zero-order chi connectivity index (χ0) is 21.0. The maximum Gasteiger partial charge on any atom is 0.261 e. The van der Waals surface area contributed by atoms with Crippen molar-refractivity contribution in [2.24, 2.45) is 0 Å². The molecule has 0 unspecified atom stereocenters. The van der Waals surface area contributed by atoms with Gasteiger partial charge in [-0.3, -0.25) is 14.2 Å². The van der Waals surface area contributed by atoms with E-state index in [2.05, 4.69) is 10.3 Å². The van der Waals surface area contributed by atoms with Gasteiger partial charge >= 0.3 is 0 Å². The molecule has 152 valence electrons. The van der Waals surface area contributed by atoms with Gasteiger partial charge in [0.05, 0.1) is 37.1 Å². The van der Waals surface area contributed by atoms with Gasteiger partial charge in [-0.1, -0.05) is 6.07 Å². The molecule has 3 aromatic rings. The Bertz CT molecular complexity index is 1110.